The van der Waals surface area contributed by atoms with Gasteiger partial charge in [0.05, 0.1) is 18.3 Å². The topological polar surface area (TPSA) is 38.5 Å². The van der Waals surface area contributed by atoms with Crippen LogP contribution in [0.3, 0.4) is 0 Å². The molecule has 0 spiro atoms. The summed E-state index contributed by atoms with van der Waals surface area (Å²) in [4.78, 5) is 0. The number of para-hydroxylation sites is 1. The van der Waals surface area contributed by atoms with Gasteiger partial charge >= 0.3 is 0 Å². The maximum absolute atomic E-state index is 6.33. The van der Waals surface area contributed by atoms with E-state index >= 15 is 0 Å². The Bertz CT molecular complexity index is 423. The maximum Gasteiger partial charge on any atom is 0.0708 e. The second kappa shape index (κ2) is 6.03. The minimum absolute atomic E-state index is 0.293. The molecule has 0 aromatic heterocycles. The molecule has 1 aromatic rings. The van der Waals surface area contributed by atoms with Gasteiger partial charge in [-0.2, -0.15) is 0 Å². The molecule has 1 heterocycles. The third-order valence-corrected chi connectivity index (χ3v) is 3.44. The zero-order valence-corrected chi connectivity index (χ0v) is 11.2. The number of anilines is 1. The lowest BCUT2D eigenvalue weighted by atomic mass is 10.0. The van der Waals surface area contributed by atoms with Crippen molar-refractivity contribution in [2.75, 3.05) is 18.2 Å². The first-order valence-corrected chi connectivity index (χ1v) is 6.64. The average Bonchev–Trinajstić information content (AvgIpc) is 2.92. The van der Waals surface area contributed by atoms with Crippen molar-refractivity contribution in [1.82, 2.24) is 0 Å². The van der Waals surface area contributed by atoms with Crippen LogP contribution >= 0.6 is 0 Å². The van der Waals surface area contributed by atoms with Crippen molar-refractivity contribution in [3.05, 3.63) is 35.4 Å². The predicted octanol–water partition coefficient (Wildman–Crippen LogP) is 2.75. The molecular formula is C15H22N2O. The molecule has 1 aliphatic heterocycles. The summed E-state index contributed by atoms with van der Waals surface area (Å²) in [6, 6.07) is 6.65. The van der Waals surface area contributed by atoms with Crippen molar-refractivity contribution in [2.45, 2.75) is 32.7 Å². The molecule has 3 heteroatoms. The number of nitrogens with two attached hydrogens (primary N) is 1. The first kappa shape index (κ1) is 13.1. The van der Waals surface area contributed by atoms with E-state index in [0.29, 0.717) is 6.04 Å². The monoisotopic (exact) mass is 246 g/mol. The van der Waals surface area contributed by atoms with Gasteiger partial charge in [-0.3, -0.25) is 0 Å². The van der Waals surface area contributed by atoms with Crippen LogP contribution < -0.4 is 10.9 Å². The van der Waals surface area contributed by atoms with Crippen LogP contribution in [0.15, 0.2) is 24.3 Å². The van der Waals surface area contributed by atoms with E-state index in [9.17, 15) is 0 Å². The molecule has 0 radical (unpaired) electrons. The quantitative estimate of drug-likeness (QED) is 0.656. The van der Waals surface area contributed by atoms with Crippen molar-refractivity contribution in [3.63, 3.8) is 0 Å². The Morgan fingerprint density at radius 2 is 2.33 bits per heavy atom. The molecule has 1 aromatic carbocycles. The summed E-state index contributed by atoms with van der Waals surface area (Å²) in [5.74, 6) is 6.33. The van der Waals surface area contributed by atoms with Gasteiger partial charge in [0.25, 0.3) is 0 Å². The zero-order valence-electron chi connectivity index (χ0n) is 11.2. The van der Waals surface area contributed by atoms with Crippen LogP contribution in [0.5, 0.6) is 0 Å². The zero-order chi connectivity index (χ0) is 13.0. The van der Waals surface area contributed by atoms with Crippen molar-refractivity contribution in [2.24, 2.45) is 5.84 Å². The molecule has 1 aliphatic rings. The number of hydrogen-bond donors (Lipinski definition) is 1. The fourth-order valence-electron chi connectivity index (χ4n) is 2.45. The van der Waals surface area contributed by atoms with Gasteiger partial charge in [-0.25, -0.2) is 5.84 Å². The molecule has 2 N–H and O–H groups in total. The van der Waals surface area contributed by atoms with Crippen molar-refractivity contribution < 1.29 is 4.74 Å². The second-order valence-electron chi connectivity index (χ2n) is 4.63. The van der Waals surface area contributed by atoms with E-state index in [1.165, 1.54) is 11.1 Å². The molecule has 0 bridgehead atoms. The molecule has 1 saturated heterocycles. The highest BCUT2D eigenvalue weighted by Gasteiger charge is 2.24. The normalized spacial score (nSPS) is 19.6. The predicted molar refractivity (Wildman–Crippen MR) is 76.4 cm³/mol. The molecule has 18 heavy (non-hydrogen) atoms. The standard InChI is InChI=1S/C15H22N2O/c1-3-6-13-8-5-7-12(4-2)15(13)17(16)14-9-10-18-11-14/h3,5-8,14H,4,9-11,16H2,1-2H3/b6-3-/t14-/m1/s1. The molecule has 0 aliphatic carbocycles. The van der Waals surface area contributed by atoms with Gasteiger partial charge in [0.2, 0.25) is 0 Å². The van der Waals surface area contributed by atoms with Crippen LogP contribution in [0.25, 0.3) is 6.08 Å². The molecule has 1 fully saturated rings. The molecule has 0 saturated carbocycles. The van der Waals surface area contributed by atoms with Gasteiger partial charge in [-0.15, -0.1) is 0 Å². The van der Waals surface area contributed by atoms with Crippen LogP contribution in [-0.2, 0) is 11.2 Å². The van der Waals surface area contributed by atoms with E-state index in [0.717, 1.165) is 31.7 Å². The molecule has 0 amide bonds. The fourth-order valence-corrected chi connectivity index (χ4v) is 2.45. The van der Waals surface area contributed by atoms with Gasteiger partial charge < -0.3 is 9.75 Å². The summed E-state index contributed by atoms with van der Waals surface area (Å²) in [6.07, 6.45) is 6.16. The Labute approximate surface area is 109 Å². The van der Waals surface area contributed by atoms with Crippen molar-refractivity contribution >= 4 is 11.8 Å². The van der Waals surface area contributed by atoms with E-state index < -0.39 is 0 Å². The first-order chi connectivity index (χ1) is 8.77. The Kier molecular flexibility index (Phi) is 4.39. The number of hydrogen-bond acceptors (Lipinski definition) is 3. The number of benzene rings is 1. The smallest absolute Gasteiger partial charge is 0.0708 e. The first-order valence-electron chi connectivity index (χ1n) is 6.64. The summed E-state index contributed by atoms with van der Waals surface area (Å²) in [5, 5.41) is 1.90. The Hall–Kier alpha value is -1.32. The number of nitrogens with zero attached hydrogens (tertiary/aromatic N) is 1. The fraction of sp³-hybridized carbons (Fsp3) is 0.467. The SMILES string of the molecule is C/C=C\c1cccc(CC)c1N(N)[C@@H]1CCOC1. The summed E-state index contributed by atoms with van der Waals surface area (Å²) in [6.45, 7) is 5.73. The van der Waals surface area contributed by atoms with E-state index in [-0.39, 0.29) is 0 Å². The minimum atomic E-state index is 0.293. The molecule has 1 atom stereocenters. The number of ether oxygens (including phenoxy) is 1. The lowest BCUT2D eigenvalue weighted by Gasteiger charge is -2.28. The second-order valence-corrected chi connectivity index (χ2v) is 4.63. The number of aryl methyl sites for hydroxylation is 1. The number of hydrazine groups is 1. The number of allylic oxidation sites excluding steroid dienone is 1. The Morgan fingerprint density at radius 1 is 1.50 bits per heavy atom. The summed E-state index contributed by atoms with van der Waals surface area (Å²) in [5.41, 5.74) is 3.62. The van der Waals surface area contributed by atoms with Crippen LogP contribution in [0.4, 0.5) is 5.69 Å². The Balaban J connectivity index is 2.38. The summed E-state index contributed by atoms with van der Waals surface area (Å²) < 4.78 is 5.43. The molecule has 0 unspecified atom stereocenters. The highest BCUT2D eigenvalue weighted by Crippen LogP contribution is 2.28. The van der Waals surface area contributed by atoms with Gasteiger partial charge in [-0.05, 0) is 30.9 Å². The van der Waals surface area contributed by atoms with E-state index in [1.807, 2.05) is 11.9 Å². The van der Waals surface area contributed by atoms with Crippen LogP contribution in [0.2, 0.25) is 0 Å². The lowest BCUT2D eigenvalue weighted by molar-refractivity contribution is 0.193. The third kappa shape index (κ3) is 2.57. The maximum atomic E-state index is 6.33. The van der Waals surface area contributed by atoms with E-state index in [2.05, 4.69) is 37.3 Å². The highest BCUT2D eigenvalue weighted by molar-refractivity contribution is 5.71. The van der Waals surface area contributed by atoms with Gasteiger partial charge in [0.1, 0.15) is 0 Å². The molecule has 98 valence electrons. The van der Waals surface area contributed by atoms with Gasteiger partial charge in [0.15, 0.2) is 0 Å². The van der Waals surface area contributed by atoms with E-state index in [1.54, 1.807) is 0 Å². The van der Waals surface area contributed by atoms with Crippen LogP contribution in [-0.4, -0.2) is 19.3 Å². The molecule has 3 nitrogen and oxygen atoms in total. The van der Waals surface area contributed by atoms with Crippen molar-refractivity contribution in [1.29, 1.82) is 0 Å². The average molecular weight is 246 g/mol. The van der Waals surface area contributed by atoms with Gasteiger partial charge in [0, 0.05) is 6.61 Å². The van der Waals surface area contributed by atoms with Crippen molar-refractivity contribution in [3.8, 4) is 0 Å². The van der Waals surface area contributed by atoms with Crippen LogP contribution in [0, 0.1) is 0 Å². The third-order valence-electron chi connectivity index (χ3n) is 3.44. The largest absolute Gasteiger partial charge is 0.379 e. The number of rotatable bonds is 4. The molecule has 2 rings (SSSR count). The summed E-state index contributed by atoms with van der Waals surface area (Å²) in [7, 11) is 0. The van der Waals surface area contributed by atoms with Gasteiger partial charge in [-0.1, -0.05) is 37.3 Å². The Morgan fingerprint density at radius 3 is 2.94 bits per heavy atom. The van der Waals surface area contributed by atoms with E-state index in [4.69, 9.17) is 10.6 Å². The minimum Gasteiger partial charge on any atom is -0.379 e. The van der Waals surface area contributed by atoms with Crippen LogP contribution in [0.1, 0.15) is 31.4 Å². The lowest BCUT2D eigenvalue weighted by Crippen LogP contribution is -2.42. The highest BCUT2D eigenvalue weighted by atomic mass is 16.5. The summed E-state index contributed by atoms with van der Waals surface area (Å²) >= 11 is 0. The molecular weight excluding hydrogens is 224 g/mol.